The molecule has 3 heteroatoms. The molecule has 0 bridgehead atoms. The molecule has 0 fully saturated rings. The normalized spacial score (nSPS) is 15.3. The molecule has 1 aromatic carbocycles. The molecule has 2 atom stereocenters. The van der Waals surface area contributed by atoms with Crippen molar-refractivity contribution in [1.29, 1.82) is 0 Å². The molecule has 0 aliphatic heterocycles. The summed E-state index contributed by atoms with van der Waals surface area (Å²) in [6.45, 7) is 5.84. The highest BCUT2D eigenvalue weighted by molar-refractivity contribution is 7.89. The molecule has 0 aliphatic carbocycles. The van der Waals surface area contributed by atoms with Crippen LogP contribution in [0.1, 0.15) is 45.1 Å². The summed E-state index contributed by atoms with van der Waals surface area (Å²) < 4.78 is 12.4. The minimum atomic E-state index is -1.25. The second kappa shape index (κ2) is 8.28. The zero-order chi connectivity index (χ0) is 14.3. The summed E-state index contributed by atoms with van der Waals surface area (Å²) in [6.07, 6.45) is 5.57. The van der Waals surface area contributed by atoms with Crippen molar-refractivity contribution in [3.8, 4) is 0 Å². The largest absolute Gasteiger partial charge is 0.388 e. The molecule has 1 unspecified atom stereocenters. The quantitative estimate of drug-likeness (QED) is 0.768. The van der Waals surface area contributed by atoms with E-state index in [-0.39, 0.29) is 0 Å². The predicted molar refractivity (Wildman–Crippen MR) is 81.5 cm³/mol. The molecule has 2 nitrogen and oxygen atoms in total. The van der Waals surface area contributed by atoms with Gasteiger partial charge in [-0.2, -0.15) is 0 Å². The molecule has 1 rings (SSSR count). The highest BCUT2D eigenvalue weighted by atomic mass is 32.2. The van der Waals surface area contributed by atoms with Gasteiger partial charge < -0.3 is 5.11 Å². The van der Waals surface area contributed by atoms with Crippen molar-refractivity contribution >= 4 is 10.8 Å². The number of hydrogen-bond acceptors (Lipinski definition) is 2. The first kappa shape index (κ1) is 16.1. The summed E-state index contributed by atoms with van der Waals surface area (Å²) in [5.74, 6) is 0. The maximum absolute atomic E-state index is 12.4. The van der Waals surface area contributed by atoms with E-state index in [2.05, 4.69) is 6.92 Å². The maximum Gasteiger partial charge on any atom is 0.0845 e. The molecule has 19 heavy (non-hydrogen) atoms. The van der Waals surface area contributed by atoms with Crippen LogP contribution in [0.25, 0.3) is 0 Å². The number of aliphatic hydroxyl groups excluding tert-OH is 1. The first-order valence-electron chi connectivity index (χ1n) is 6.92. The van der Waals surface area contributed by atoms with E-state index in [0.717, 1.165) is 23.3 Å². The Balaban J connectivity index is 2.81. The lowest BCUT2D eigenvalue weighted by Gasteiger charge is -2.11. The summed E-state index contributed by atoms with van der Waals surface area (Å²) >= 11 is 0. The molecule has 0 saturated carbocycles. The highest BCUT2D eigenvalue weighted by Gasteiger charge is 2.14. The number of rotatable bonds is 7. The number of allylic oxidation sites excluding steroid dienone is 1. The Hall–Kier alpha value is -0.930. The number of hydrogen-bond donors (Lipinski definition) is 1. The monoisotopic (exact) mass is 280 g/mol. The van der Waals surface area contributed by atoms with Crippen LogP contribution in [0.2, 0.25) is 0 Å². The van der Waals surface area contributed by atoms with Gasteiger partial charge in [-0.25, -0.2) is 4.21 Å². The third kappa shape index (κ3) is 5.29. The van der Waals surface area contributed by atoms with E-state index in [1.165, 1.54) is 12.8 Å². The summed E-state index contributed by atoms with van der Waals surface area (Å²) in [7, 11) is -1.25. The second-order valence-corrected chi connectivity index (χ2v) is 6.34. The van der Waals surface area contributed by atoms with Gasteiger partial charge in [0.05, 0.1) is 16.9 Å². The average Bonchev–Trinajstić information content (AvgIpc) is 2.38. The lowest BCUT2D eigenvalue weighted by atomic mass is 10.2. The van der Waals surface area contributed by atoms with Crippen LogP contribution < -0.4 is 0 Å². The van der Waals surface area contributed by atoms with E-state index >= 15 is 0 Å². The van der Waals surface area contributed by atoms with Gasteiger partial charge in [0.25, 0.3) is 0 Å². The van der Waals surface area contributed by atoms with Gasteiger partial charge in [-0.1, -0.05) is 43.5 Å². The van der Waals surface area contributed by atoms with E-state index in [1.807, 2.05) is 37.3 Å². The SMILES string of the molecule is CCCCC/C=C(\[C@@H](C)O)S(=O)c1ccc(C)cc1. The van der Waals surface area contributed by atoms with Gasteiger partial charge in [0.2, 0.25) is 0 Å². The van der Waals surface area contributed by atoms with Crippen LogP contribution in [-0.2, 0) is 10.8 Å². The summed E-state index contributed by atoms with van der Waals surface area (Å²) in [4.78, 5) is 1.38. The zero-order valence-electron chi connectivity index (χ0n) is 12.1. The Labute approximate surface area is 119 Å². The third-order valence-corrected chi connectivity index (χ3v) is 4.65. The molecular formula is C16H24O2S. The minimum absolute atomic E-state index is 0.625. The summed E-state index contributed by atoms with van der Waals surface area (Å²) in [5.41, 5.74) is 1.14. The number of aryl methyl sites for hydroxylation is 1. The molecular weight excluding hydrogens is 256 g/mol. The molecule has 106 valence electrons. The van der Waals surface area contributed by atoms with E-state index in [1.54, 1.807) is 6.92 Å². The molecule has 0 saturated heterocycles. The van der Waals surface area contributed by atoms with Crippen molar-refractivity contribution in [3.05, 3.63) is 40.8 Å². The molecule has 1 aromatic rings. The van der Waals surface area contributed by atoms with Crippen LogP contribution in [-0.4, -0.2) is 15.4 Å². The highest BCUT2D eigenvalue weighted by Crippen LogP contribution is 2.19. The summed E-state index contributed by atoms with van der Waals surface area (Å²) in [6, 6.07) is 7.63. The average molecular weight is 280 g/mol. The molecule has 0 radical (unpaired) electrons. The van der Waals surface area contributed by atoms with Gasteiger partial charge in [0.15, 0.2) is 0 Å². The van der Waals surface area contributed by atoms with Crippen molar-refractivity contribution in [1.82, 2.24) is 0 Å². The molecule has 0 spiro atoms. The Kier molecular flexibility index (Phi) is 7.03. The fourth-order valence-electron chi connectivity index (χ4n) is 1.84. The maximum atomic E-state index is 12.4. The van der Waals surface area contributed by atoms with Crippen molar-refractivity contribution in [2.75, 3.05) is 0 Å². The molecule has 0 aromatic heterocycles. The Morgan fingerprint density at radius 2 is 1.95 bits per heavy atom. The van der Waals surface area contributed by atoms with Crippen LogP contribution in [0.3, 0.4) is 0 Å². The zero-order valence-corrected chi connectivity index (χ0v) is 12.9. The van der Waals surface area contributed by atoms with Crippen LogP contribution in [0.4, 0.5) is 0 Å². The topological polar surface area (TPSA) is 37.3 Å². The van der Waals surface area contributed by atoms with Crippen molar-refractivity contribution in [2.24, 2.45) is 0 Å². The number of benzene rings is 1. The van der Waals surface area contributed by atoms with Gasteiger partial charge in [0.1, 0.15) is 0 Å². The fourth-order valence-corrected chi connectivity index (χ4v) is 3.07. The van der Waals surface area contributed by atoms with Gasteiger partial charge in [-0.3, -0.25) is 0 Å². The van der Waals surface area contributed by atoms with Crippen molar-refractivity contribution < 1.29 is 9.32 Å². The third-order valence-electron chi connectivity index (χ3n) is 3.01. The standard InChI is InChI=1S/C16H24O2S/c1-4-5-6-7-8-16(14(3)17)19(18)15-11-9-13(2)10-12-15/h8-12,14,17H,4-7H2,1-3H3/b16-8+/t14-,19?/m1/s1. The lowest BCUT2D eigenvalue weighted by Crippen LogP contribution is -2.10. The molecule has 0 aliphatic rings. The number of unbranched alkanes of at least 4 members (excludes halogenated alkanes) is 3. The Morgan fingerprint density at radius 1 is 1.32 bits per heavy atom. The smallest absolute Gasteiger partial charge is 0.0845 e. The Bertz CT molecular complexity index is 433. The number of aliphatic hydroxyl groups is 1. The van der Waals surface area contributed by atoms with Gasteiger partial charge in [-0.15, -0.1) is 0 Å². The Morgan fingerprint density at radius 3 is 2.47 bits per heavy atom. The fraction of sp³-hybridized carbons (Fsp3) is 0.500. The second-order valence-electron chi connectivity index (χ2n) is 4.86. The van der Waals surface area contributed by atoms with E-state index < -0.39 is 16.9 Å². The molecule has 0 amide bonds. The van der Waals surface area contributed by atoms with E-state index in [0.29, 0.717) is 4.91 Å². The van der Waals surface area contributed by atoms with Crippen molar-refractivity contribution in [3.63, 3.8) is 0 Å². The first-order chi connectivity index (χ1) is 9.06. The van der Waals surface area contributed by atoms with E-state index in [4.69, 9.17) is 0 Å². The molecule has 1 N–H and O–H groups in total. The molecule has 0 heterocycles. The van der Waals surface area contributed by atoms with Gasteiger partial charge >= 0.3 is 0 Å². The van der Waals surface area contributed by atoms with Crippen LogP contribution >= 0.6 is 0 Å². The summed E-state index contributed by atoms with van der Waals surface area (Å²) in [5, 5.41) is 9.79. The van der Waals surface area contributed by atoms with Crippen molar-refractivity contribution in [2.45, 2.75) is 57.5 Å². The van der Waals surface area contributed by atoms with E-state index in [9.17, 15) is 9.32 Å². The van der Waals surface area contributed by atoms with Crippen LogP contribution in [0, 0.1) is 6.92 Å². The lowest BCUT2D eigenvalue weighted by molar-refractivity contribution is 0.239. The minimum Gasteiger partial charge on any atom is -0.388 e. The first-order valence-corrected chi connectivity index (χ1v) is 8.07. The van der Waals surface area contributed by atoms with Crippen LogP contribution in [0.15, 0.2) is 40.1 Å². The predicted octanol–water partition coefficient (Wildman–Crippen LogP) is 3.95. The van der Waals surface area contributed by atoms with Gasteiger partial charge in [0, 0.05) is 9.80 Å². The van der Waals surface area contributed by atoms with Gasteiger partial charge in [-0.05, 0) is 38.8 Å². The van der Waals surface area contributed by atoms with Crippen LogP contribution in [0.5, 0.6) is 0 Å².